The van der Waals surface area contributed by atoms with Gasteiger partial charge in [-0.15, -0.1) is 0 Å². The van der Waals surface area contributed by atoms with Gasteiger partial charge in [0.15, 0.2) is 0 Å². The van der Waals surface area contributed by atoms with E-state index in [1.807, 2.05) is 35.2 Å². The van der Waals surface area contributed by atoms with Crippen LogP contribution >= 0.6 is 0 Å². The molecule has 0 unspecified atom stereocenters. The summed E-state index contributed by atoms with van der Waals surface area (Å²) in [6.07, 6.45) is 8.21. The Labute approximate surface area is 179 Å². The summed E-state index contributed by atoms with van der Waals surface area (Å²) >= 11 is 0. The first-order chi connectivity index (χ1) is 14.8. The van der Waals surface area contributed by atoms with Crippen LogP contribution in [0.25, 0.3) is 11.1 Å². The van der Waals surface area contributed by atoms with Gasteiger partial charge in [0.05, 0.1) is 6.42 Å². The molecular weight excluding hydrogens is 366 g/mol. The molecule has 1 aliphatic heterocycles. The molecule has 2 nitrogen and oxygen atoms in total. The predicted molar refractivity (Wildman–Crippen MR) is 124 cm³/mol. The Morgan fingerprint density at radius 2 is 1.57 bits per heavy atom. The van der Waals surface area contributed by atoms with E-state index in [0.29, 0.717) is 6.42 Å². The second-order valence-electron chi connectivity index (χ2n) is 8.76. The highest BCUT2D eigenvalue weighted by Gasteiger charge is 2.25. The van der Waals surface area contributed by atoms with E-state index in [4.69, 9.17) is 0 Å². The maximum atomic E-state index is 12.8. The van der Waals surface area contributed by atoms with Crippen molar-refractivity contribution in [2.45, 2.75) is 50.9 Å². The zero-order chi connectivity index (χ0) is 20.3. The lowest BCUT2D eigenvalue weighted by Crippen LogP contribution is -2.30. The zero-order valence-corrected chi connectivity index (χ0v) is 17.5. The van der Waals surface area contributed by atoms with Crippen molar-refractivity contribution in [3.63, 3.8) is 0 Å². The van der Waals surface area contributed by atoms with Gasteiger partial charge in [-0.1, -0.05) is 79.9 Å². The minimum Gasteiger partial charge on any atom is -0.312 e. The molecule has 5 rings (SSSR count). The summed E-state index contributed by atoms with van der Waals surface area (Å²) in [7, 11) is 0. The minimum absolute atomic E-state index is 0.185. The van der Waals surface area contributed by atoms with Crippen LogP contribution < -0.4 is 4.90 Å². The van der Waals surface area contributed by atoms with Gasteiger partial charge in [0.2, 0.25) is 5.91 Å². The molecular formula is C28H29NO. The fourth-order valence-electron chi connectivity index (χ4n) is 5.09. The zero-order valence-electron chi connectivity index (χ0n) is 17.5. The van der Waals surface area contributed by atoms with Gasteiger partial charge in [0.1, 0.15) is 0 Å². The second-order valence-corrected chi connectivity index (χ2v) is 8.76. The van der Waals surface area contributed by atoms with Crippen LogP contribution in [-0.2, 0) is 17.6 Å². The van der Waals surface area contributed by atoms with Crippen molar-refractivity contribution in [2.75, 3.05) is 11.4 Å². The molecule has 2 aliphatic rings. The molecule has 1 heterocycles. The highest BCUT2D eigenvalue weighted by atomic mass is 16.2. The molecule has 1 amide bonds. The number of nitrogens with zero attached hydrogens (tertiary/aromatic N) is 1. The van der Waals surface area contributed by atoms with Gasteiger partial charge in [-0.2, -0.15) is 0 Å². The Morgan fingerprint density at radius 1 is 0.833 bits per heavy atom. The van der Waals surface area contributed by atoms with Crippen LogP contribution in [0.3, 0.4) is 0 Å². The number of carbonyl (C=O) groups is 1. The average molecular weight is 396 g/mol. The van der Waals surface area contributed by atoms with E-state index < -0.39 is 0 Å². The highest BCUT2D eigenvalue weighted by molar-refractivity contribution is 5.97. The first-order valence-electron chi connectivity index (χ1n) is 11.4. The fourth-order valence-corrected chi connectivity index (χ4v) is 5.09. The van der Waals surface area contributed by atoms with Gasteiger partial charge in [-0.3, -0.25) is 4.79 Å². The molecule has 3 aromatic rings. The van der Waals surface area contributed by atoms with E-state index in [1.54, 1.807) is 0 Å². The van der Waals surface area contributed by atoms with Crippen LogP contribution in [0.4, 0.5) is 5.69 Å². The summed E-state index contributed by atoms with van der Waals surface area (Å²) in [6, 6.07) is 25.8. The quantitative estimate of drug-likeness (QED) is 0.491. The summed E-state index contributed by atoms with van der Waals surface area (Å²) in [5.74, 6) is 0.932. The molecule has 1 aliphatic carbocycles. The Bertz CT molecular complexity index is 1020. The third kappa shape index (κ3) is 3.92. The van der Waals surface area contributed by atoms with E-state index in [-0.39, 0.29) is 5.91 Å². The highest BCUT2D eigenvalue weighted by Crippen LogP contribution is 2.35. The number of carbonyl (C=O) groups excluding carboxylic acids is 1. The molecule has 0 radical (unpaired) electrons. The molecule has 0 bridgehead atoms. The minimum atomic E-state index is 0.185. The van der Waals surface area contributed by atoms with Gasteiger partial charge in [0, 0.05) is 12.2 Å². The molecule has 0 spiro atoms. The molecule has 0 aromatic heterocycles. The maximum absolute atomic E-state index is 12.8. The summed E-state index contributed by atoms with van der Waals surface area (Å²) in [4.78, 5) is 14.8. The number of rotatable bonds is 4. The fraction of sp³-hybridized carbons (Fsp3) is 0.321. The number of hydrogen-bond donors (Lipinski definition) is 0. The summed E-state index contributed by atoms with van der Waals surface area (Å²) in [5.41, 5.74) is 7.46. The van der Waals surface area contributed by atoms with Crippen LogP contribution in [0.5, 0.6) is 0 Å². The maximum Gasteiger partial charge on any atom is 0.231 e. The van der Waals surface area contributed by atoms with Crippen molar-refractivity contribution in [3.05, 3.63) is 89.5 Å². The van der Waals surface area contributed by atoms with Crippen molar-refractivity contribution >= 4 is 11.6 Å². The standard InChI is InChI=1S/C28H29NO/c30-28(19-21-7-3-1-4-8-21)29-18-17-26-20-25(15-16-27(26)29)24-13-11-23(12-14-24)22-9-5-2-6-10-22/h1,3-4,7-8,11-16,20,22H,2,5-6,9-10,17-19H2. The number of hydrogen-bond acceptors (Lipinski definition) is 1. The number of benzene rings is 3. The molecule has 3 aromatic carbocycles. The normalized spacial score (nSPS) is 16.5. The Kier molecular flexibility index (Phi) is 5.40. The van der Waals surface area contributed by atoms with Crippen molar-refractivity contribution in [1.82, 2.24) is 0 Å². The predicted octanol–water partition coefficient (Wildman–Crippen LogP) is 6.53. The van der Waals surface area contributed by atoms with Crippen molar-refractivity contribution < 1.29 is 4.79 Å². The van der Waals surface area contributed by atoms with Crippen LogP contribution in [0.2, 0.25) is 0 Å². The van der Waals surface area contributed by atoms with E-state index in [0.717, 1.165) is 30.1 Å². The van der Waals surface area contributed by atoms with Gasteiger partial charge in [-0.05, 0) is 65.1 Å². The van der Waals surface area contributed by atoms with Gasteiger partial charge >= 0.3 is 0 Å². The SMILES string of the molecule is O=C(Cc1ccccc1)N1CCc2cc(-c3ccc(C4CCCCC4)cc3)ccc21. The van der Waals surface area contributed by atoms with E-state index >= 15 is 0 Å². The summed E-state index contributed by atoms with van der Waals surface area (Å²) in [6.45, 7) is 0.783. The number of anilines is 1. The lowest BCUT2D eigenvalue weighted by atomic mass is 9.83. The Hall–Kier alpha value is -2.87. The number of amides is 1. The summed E-state index contributed by atoms with van der Waals surface area (Å²) in [5, 5.41) is 0. The van der Waals surface area contributed by atoms with Crippen LogP contribution in [0.15, 0.2) is 72.8 Å². The molecule has 1 fully saturated rings. The van der Waals surface area contributed by atoms with Gasteiger partial charge in [0.25, 0.3) is 0 Å². The molecule has 0 atom stereocenters. The molecule has 2 heteroatoms. The lowest BCUT2D eigenvalue weighted by Gasteiger charge is -2.22. The van der Waals surface area contributed by atoms with Crippen molar-refractivity contribution in [3.8, 4) is 11.1 Å². The largest absolute Gasteiger partial charge is 0.312 e. The molecule has 0 N–H and O–H groups in total. The average Bonchev–Trinajstić information content (AvgIpc) is 3.24. The van der Waals surface area contributed by atoms with Crippen molar-refractivity contribution in [1.29, 1.82) is 0 Å². The van der Waals surface area contributed by atoms with Gasteiger partial charge < -0.3 is 4.90 Å². The molecule has 152 valence electrons. The molecule has 30 heavy (non-hydrogen) atoms. The lowest BCUT2D eigenvalue weighted by molar-refractivity contribution is -0.117. The monoisotopic (exact) mass is 395 g/mol. The number of fused-ring (bicyclic) bond motifs is 1. The molecule has 0 saturated heterocycles. The van der Waals surface area contributed by atoms with E-state index in [9.17, 15) is 4.79 Å². The molecule has 1 saturated carbocycles. The summed E-state index contributed by atoms with van der Waals surface area (Å²) < 4.78 is 0. The van der Waals surface area contributed by atoms with Crippen LogP contribution in [0.1, 0.15) is 54.7 Å². The first-order valence-corrected chi connectivity index (χ1v) is 11.4. The topological polar surface area (TPSA) is 20.3 Å². The Morgan fingerprint density at radius 3 is 2.33 bits per heavy atom. The van der Waals surface area contributed by atoms with Crippen LogP contribution in [0, 0.1) is 0 Å². The first kappa shape index (κ1) is 19.1. The van der Waals surface area contributed by atoms with E-state index in [1.165, 1.54) is 54.4 Å². The van der Waals surface area contributed by atoms with Gasteiger partial charge in [-0.25, -0.2) is 0 Å². The smallest absolute Gasteiger partial charge is 0.231 e. The van der Waals surface area contributed by atoms with Crippen molar-refractivity contribution in [2.24, 2.45) is 0 Å². The second kappa shape index (κ2) is 8.47. The third-order valence-corrected chi connectivity index (χ3v) is 6.79. The Balaban J connectivity index is 1.32. The third-order valence-electron chi connectivity index (χ3n) is 6.79. The van der Waals surface area contributed by atoms with Crippen LogP contribution in [-0.4, -0.2) is 12.5 Å². The van der Waals surface area contributed by atoms with E-state index in [2.05, 4.69) is 42.5 Å².